The van der Waals surface area contributed by atoms with E-state index in [1.165, 1.54) is 25.1 Å². The lowest BCUT2D eigenvalue weighted by Gasteiger charge is -2.54. The second-order valence-electron chi connectivity index (χ2n) is 11.1. The minimum Gasteiger partial charge on any atom is -0.508 e. The first-order valence-electron chi connectivity index (χ1n) is 12.7. The van der Waals surface area contributed by atoms with Gasteiger partial charge in [0, 0.05) is 11.5 Å². The Morgan fingerprint density at radius 1 is 1.13 bits per heavy atom. The van der Waals surface area contributed by atoms with Crippen molar-refractivity contribution in [2.24, 2.45) is 23.5 Å². The molecule has 0 heterocycles. The summed E-state index contributed by atoms with van der Waals surface area (Å²) in [5, 5.41) is 45.2. The van der Waals surface area contributed by atoms with Crippen molar-refractivity contribution in [1.82, 2.24) is 4.90 Å². The minimum atomic E-state index is -2.97. The number of aliphatic hydroxyl groups excluding tert-OH is 2. The number of nitrogens with zero attached hydrogens (tertiary/aromatic N) is 1. The molecule has 1 amide bonds. The van der Waals surface area contributed by atoms with Crippen LogP contribution in [0.1, 0.15) is 43.2 Å². The Kier molecular flexibility index (Phi) is 6.03. The van der Waals surface area contributed by atoms with Gasteiger partial charge < -0.3 is 36.6 Å². The van der Waals surface area contributed by atoms with E-state index in [-0.39, 0.29) is 11.3 Å². The zero-order valence-electron chi connectivity index (χ0n) is 21.7. The smallest absolute Gasteiger partial charge is 0.309 e. The number of anilines is 1. The van der Waals surface area contributed by atoms with Crippen molar-refractivity contribution in [2.75, 3.05) is 19.8 Å². The van der Waals surface area contributed by atoms with Crippen molar-refractivity contribution < 1.29 is 44.3 Å². The van der Waals surface area contributed by atoms with Crippen molar-refractivity contribution in [3.05, 3.63) is 40.2 Å². The molecule has 12 nitrogen and oxygen atoms in total. The molecule has 0 aromatic heterocycles. The third-order valence-electron chi connectivity index (χ3n) is 8.82. The van der Waals surface area contributed by atoms with E-state index in [1.807, 2.05) is 0 Å². The topological polar surface area (TPSA) is 214 Å². The van der Waals surface area contributed by atoms with E-state index in [2.05, 4.69) is 0 Å². The zero-order valence-corrected chi connectivity index (χ0v) is 21.7. The number of Topliss-reactive ketones (excluding diaryl/α,β-unsaturated/α-hetero) is 2. The van der Waals surface area contributed by atoms with Crippen molar-refractivity contribution in [3.8, 4) is 5.75 Å². The number of aliphatic hydroxyl groups is 3. The maximum absolute atomic E-state index is 14.2. The van der Waals surface area contributed by atoms with E-state index in [9.17, 15) is 39.6 Å². The SMILES string of the molecule is C[C@@H]1c2ccc(N)c(O)c2C(O)=C2C(=O)[C@@]3(O)C(O)=C(C(N)=O)C(=O)[C@H](N(C)C)[C@H]3[C@H](OC(=O)C3CCC3)[C@H]21. The van der Waals surface area contributed by atoms with Crippen LogP contribution in [0.2, 0.25) is 0 Å². The molecule has 4 aliphatic rings. The molecule has 4 aliphatic carbocycles. The van der Waals surface area contributed by atoms with Gasteiger partial charge in [-0.05, 0) is 44.5 Å². The number of aromatic hydroxyl groups is 1. The Balaban J connectivity index is 1.83. The predicted octanol–water partition coefficient (Wildman–Crippen LogP) is 0.429. The molecule has 0 radical (unpaired) electrons. The number of rotatable bonds is 4. The number of phenols is 1. The van der Waals surface area contributed by atoms with Crippen LogP contribution >= 0.6 is 0 Å². The normalized spacial score (nSPS) is 32.4. The first kappa shape index (κ1) is 26.7. The van der Waals surface area contributed by atoms with E-state index < -0.39 is 93.3 Å². The Morgan fingerprint density at radius 3 is 2.31 bits per heavy atom. The summed E-state index contributed by atoms with van der Waals surface area (Å²) in [6, 6.07) is 1.59. The number of benzene rings is 1. The fourth-order valence-corrected chi connectivity index (χ4v) is 6.62. The van der Waals surface area contributed by atoms with E-state index in [0.717, 1.165) is 6.42 Å². The van der Waals surface area contributed by atoms with Gasteiger partial charge >= 0.3 is 5.97 Å². The number of hydrogen-bond donors (Lipinski definition) is 6. The van der Waals surface area contributed by atoms with Crippen LogP contribution in [-0.4, -0.2) is 80.6 Å². The lowest BCUT2D eigenvalue weighted by Crippen LogP contribution is -2.71. The largest absolute Gasteiger partial charge is 0.508 e. The quantitative estimate of drug-likeness (QED) is 0.133. The molecular weight excluding hydrogens is 510 g/mol. The van der Waals surface area contributed by atoms with Gasteiger partial charge in [0.1, 0.15) is 28.9 Å². The number of primary amides is 1. The number of phenolic OH excluding ortho intramolecular Hbond substituents is 1. The van der Waals surface area contributed by atoms with E-state index in [4.69, 9.17) is 16.2 Å². The highest BCUT2D eigenvalue weighted by atomic mass is 16.5. The van der Waals surface area contributed by atoms with Gasteiger partial charge in [-0.2, -0.15) is 0 Å². The Morgan fingerprint density at radius 2 is 1.77 bits per heavy atom. The fourth-order valence-electron chi connectivity index (χ4n) is 6.62. The number of likely N-dealkylation sites (N-methyl/N-ethyl adjacent to an activating group) is 1. The molecule has 2 fully saturated rings. The van der Waals surface area contributed by atoms with Gasteiger partial charge in [-0.3, -0.25) is 24.1 Å². The highest BCUT2D eigenvalue weighted by molar-refractivity contribution is 6.24. The molecule has 0 aliphatic heterocycles. The summed E-state index contributed by atoms with van der Waals surface area (Å²) in [5.41, 5.74) is 7.07. The summed E-state index contributed by atoms with van der Waals surface area (Å²) >= 11 is 0. The van der Waals surface area contributed by atoms with E-state index in [1.54, 1.807) is 13.0 Å². The number of ether oxygens (including phenoxy) is 1. The molecular formula is C27H31N3O9. The fraction of sp³-hybridized carbons (Fsp3) is 0.481. The van der Waals surface area contributed by atoms with Crippen molar-refractivity contribution in [1.29, 1.82) is 0 Å². The maximum Gasteiger partial charge on any atom is 0.309 e. The minimum absolute atomic E-state index is 0.0750. The number of carbonyl (C=O) groups is 4. The molecule has 12 heteroatoms. The van der Waals surface area contributed by atoms with E-state index in [0.29, 0.717) is 18.4 Å². The summed E-state index contributed by atoms with van der Waals surface area (Å²) < 4.78 is 6.00. The molecule has 6 atom stereocenters. The number of esters is 1. The zero-order chi connectivity index (χ0) is 28.7. The average Bonchev–Trinajstić information content (AvgIpc) is 2.81. The first-order valence-corrected chi connectivity index (χ1v) is 12.7. The van der Waals surface area contributed by atoms with Crippen molar-refractivity contribution in [2.45, 2.75) is 49.9 Å². The molecule has 0 spiro atoms. The number of carbonyl (C=O) groups excluding carboxylic acids is 4. The Bertz CT molecular complexity index is 1390. The van der Waals surface area contributed by atoms with Crippen LogP contribution in [0.3, 0.4) is 0 Å². The molecule has 0 bridgehead atoms. The molecule has 5 rings (SSSR count). The van der Waals surface area contributed by atoms with Gasteiger partial charge in [0.2, 0.25) is 5.78 Å². The third-order valence-corrected chi connectivity index (χ3v) is 8.82. The Labute approximate surface area is 223 Å². The average molecular weight is 542 g/mol. The maximum atomic E-state index is 14.2. The number of ketones is 2. The number of fused-ring (bicyclic) bond motifs is 3. The molecule has 39 heavy (non-hydrogen) atoms. The van der Waals surface area contributed by atoms with Crippen LogP contribution in [0.5, 0.6) is 5.75 Å². The van der Waals surface area contributed by atoms with Gasteiger partial charge in [0.25, 0.3) is 5.91 Å². The van der Waals surface area contributed by atoms with Gasteiger partial charge in [-0.1, -0.05) is 19.4 Å². The summed E-state index contributed by atoms with van der Waals surface area (Å²) in [6.45, 7) is 1.69. The molecule has 2 saturated carbocycles. The summed E-state index contributed by atoms with van der Waals surface area (Å²) in [6.07, 6.45) is 0.571. The molecule has 0 unspecified atom stereocenters. The van der Waals surface area contributed by atoms with Crippen LogP contribution in [0.4, 0.5) is 5.69 Å². The highest BCUT2D eigenvalue weighted by Gasteiger charge is 2.69. The standard InChI is InChI=1S/C27H31N3O9/c1-9-11-7-8-12(28)19(31)14(11)20(32)15-13(9)22(39-26(37)10-5-4-6-10)17-18(30(2)3)21(33)16(25(29)36)24(35)27(17,38)23(15)34/h7-10,13,17-18,22,31-32,35,38H,4-6,28H2,1-3H3,(H2,29,36)/t9-,13+,17+,18-,22-,27-/m1/s1. The molecule has 8 N–H and O–H groups in total. The van der Waals surface area contributed by atoms with Gasteiger partial charge in [-0.25, -0.2) is 0 Å². The number of hydrogen-bond acceptors (Lipinski definition) is 11. The van der Waals surface area contributed by atoms with Crippen molar-refractivity contribution in [3.63, 3.8) is 0 Å². The molecule has 0 saturated heterocycles. The number of amides is 1. The summed E-state index contributed by atoms with van der Waals surface area (Å²) in [5.74, 6) is -10.3. The summed E-state index contributed by atoms with van der Waals surface area (Å²) in [4.78, 5) is 54.5. The van der Waals surface area contributed by atoms with Crippen LogP contribution in [0.15, 0.2) is 29.0 Å². The number of nitrogen functional groups attached to an aromatic ring is 1. The lowest BCUT2D eigenvalue weighted by molar-refractivity contribution is -0.189. The number of nitrogens with two attached hydrogens (primary N) is 2. The van der Waals surface area contributed by atoms with Gasteiger partial charge in [-0.15, -0.1) is 0 Å². The monoisotopic (exact) mass is 541 g/mol. The highest BCUT2D eigenvalue weighted by Crippen LogP contribution is 2.57. The van der Waals surface area contributed by atoms with Gasteiger partial charge in [0.05, 0.1) is 29.1 Å². The predicted molar refractivity (Wildman–Crippen MR) is 136 cm³/mol. The molecule has 208 valence electrons. The lowest BCUT2D eigenvalue weighted by atomic mass is 9.54. The second kappa shape index (κ2) is 8.82. The Hall–Kier alpha value is -3.90. The second-order valence-corrected chi connectivity index (χ2v) is 11.1. The van der Waals surface area contributed by atoms with Gasteiger partial charge in [0.15, 0.2) is 11.4 Å². The van der Waals surface area contributed by atoms with Crippen LogP contribution in [0, 0.1) is 17.8 Å². The van der Waals surface area contributed by atoms with Crippen LogP contribution in [-0.2, 0) is 23.9 Å². The van der Waals surface area contributed by atoms with E-state index >= 15 is 0 Å². The molecule has 1 aromatic rings. The first-order chi connectivity index (χ1) is 18.2. The van der Waals surface area contributed by atoms with Crippen LogP contribution < -0.4 is 11.5 Å². The third kappa shape index (κ3) is 3.44. The van der Waals surface area contributed by atoms with Crippen LogP contribution in [0.25, 0.3) is 5.76 Å². The summed E-state index contributed by atoms with van der Waals surface area (Å²) in [7, 11) is 2.95. The van der Waals surface area contributed by atoms with Crippen molar-refractivity contribution >= 4 is 34.9 Å². The molecule has 1 aromatic carbocycles.